The van der Waals surface area contributed by atoms with E-state index in [1.54, 1.807) is 6.07 Å². The average Bonchev–Trinajstić information content (AvgIpc) is 2.96. The molecule has 23 heavy (non-hydrogen) atoms. The van der Waals surface area contributed by atoms with Gasteiger partial charge in [-0.1, -0.05) is 13.8 Å². The van der Waals surface area contributed by atoms with Crippen LogP contribution in [0.1, 0.15) is 49.9 Å². The zero-order valence-corrected chi connectivity index (χ0v) is 14.0. The Bertz CT molecular complexity index is 545. The van der Waals surface area contributed by atoms with E-state index in [9.17, 15) is 9.59 Å². The maximum atomic E-state index is 12.2. The highest BCUT2D eigenvalue weighted by Crippen LogP contribution is 2.20. The number of hydrogen-bond acceptors (Lipinski definition) is 4. The van der Waals surface area contributed by atoms with Crippen molar-refractivity contribution < 1.29 is 19.1 Å². The first-order valence-corrected chi connectivity index (χ1v) is 8.21. The molecule has 1 unspecified atom stereocenters. The van der Waals surface area contributed by atoms with E-state index in [-0.39, 0.29) is 23.6 Å². The monoisotopic (exact) mass is 322 g/mol. The predicted molar refractivity (Wildman–Crippen MR) is 86.1 cm³/mol. The molecule has 2 rings (SSSR count). The quantitative estimate of drug-likeness (QED) is 0.840. The van der Waals surface area contributed by atoms with Crippen molar-refractivity contribution >= 4 is 11.9 Å². The van der Waals surface area contributed by atoms with E-state index in [1.165, 1.54) is 6.07 Å². The van der Waals surface area contributed by atoms with E-state index < -0.39 is 5.97 Å². The van der Waals surface area contributed by atoms with Gasteiger partial charge in [0.25, 0.3) is 0 Å². The molecule has 0 radical (unpaired) electrons. The second-order valence-corrected chi connectivity index (χ2v) is 6.66. The molecule has 0 aliphatic carbocycles. The van der Waals surface area contributed by atoms with Gasteiger partial charge in [-0.05, 0) is 50.9 Å². The molecule has 2 heterocycles. The summed E-state index contributed by atoms with van der Waals surface area (Å²) in [5, 5.41) is 11.9. The molecule has 2 N–H and O–H groups in total. The van der Waals surface area contributed by atoms with Crippen molar-refractivity contribution in [1.82, 2.24) is 10.2 Å². The summed E-state index contributed by atoms with van der Waals surface area (Å²) in [6.45, 7) is 8.46. The van der Waals surface area contributed by atoms with Gasteiger partial charge in [-0.3, -0.25) is 9.69 Å². The molecule has 1 amide bonds. The lowest BCUT2D eigenvalue weighted by atomic mass is 9.95. The summed E-state index contributed by atoms with van der Waals surface area (Å²) in [6.07, 6.45) is 1.65. The molecule has 1 aliphatic rings. The lowest BCUT2D eigenvalue weighted by molar-refractivity contribution is -0.127. The molecule has 1 fully saturated rings. The van der Waals surface area contributed by atoms with E-state index in [1.807, 2.05) is 6.92 Å². The van der Waals surface area contributed by atoms with Crippen LogP contribution in [0, 0.1) is 11.8 Å². The van der Waals surface area contributed by atoms with E-state index in [2.05, 4.69) is 24.1 Å². The van der Waals surface area contributed by atoms with Gasteiger partial charge in [0.15, 0.2) is 0 Å². The summed E-state index contributed by atoms with van der Waals surface area (Å²) in [4.78, 5) is 25.2. The van der Waals surface area contributed by atoms with Gasteiger partial charge in [0.2, 0.25) is 11.7 Å². The van der Waals surface area contributed by atoms with Crippen LogP contribution >= 0.6 is 0 Å². The highest BCUT2D eigenvalue weighted by atomic mass is 16.4. The topological polar surface area (TPSA) is 82.8 Å². The Morgan fingerprint density at radius 1 is 1.30 bits per heavy atom. The zero-order chi connectivity index (χ0) is 17.0. The Labute approximate surface area is 136 Å². The van der Waals surface area contributed by atoms with E-state index in [0.29, 0.717) is 18.2 Å². The van der Waals surface area contributed by atoms with Gasteiger partial charge in [0, 0.05) is 12.0 Å². The summed E-state index contributed by atoms with van der Waals surface area (Å²) < 4.78 is 5.28. The molecule has 6 nitrogen and oxygen atoms in total. The number of carboxylic acids is 1. The Balaban J connectivity index is 1.79. The fraction of sp³-hybridized carbons (Fsp3) is 0.647. The number of amides is 1. The second kappa shape index (κ2) is 7.64. The van der Waals surface area contributed by atoms with Gasteiger partial charge in [-0.25, -0.2) is 4.79 Å². The van der Waals surface area contributed by atoms with Crippen molar-refractivity contribution in [3.05, 3.63) is 23.7 Å². The molecule has 6 heteroatoms. The second-order valence-electron chi connectivity index (χ2n) is 6.66. The molecule has 1 aromatic rings. The molecular weight excluding hydrogens is 296 g/mol. The Morgan fingerprint density at radius 3 is 2.48 bits per heavy atom. The van der Waals surface area contributed by atoms with Gasteiger partial charge in [-0.15, -0.1) is 0 Å². The minimum absolute atomic E-state index is 0.0306. The van der Waals surface area contributed by atoms with Crippen LogP contribution in [0.4, 0.5) is 0 Å². The summed E-state index contributed by atoms with van der Waals surface area (Å²) in [5.74, 6) is 0.221. The smallest absolute Gasteiger partial charge is 0.371 e. The van der Waals surface area contributed by atoms with Crippen LogP contribution in [0.2, 0.25) is 0 Å². The first-order valence-electron chi connectivity index (χ1n) is 8.21. The number of piperidine rings is 1. The van der Waals surface area contributed by atoms with Crippen LogP contribution in [-0.4, -0.2) is 41.0 Å². The third-order valence-corrected chi connectivity index (χ3v) is 4.58. The maximum absolute atomic E-state index is 12.2. The average molecular weight is 322 g/mol. The number of nitrogens with one attached hydrogen (secondary N) is 1. The SMILES string of the molecule is CC(C)C(C)NC(=O)C1CCN(Cc2ccc(C(=O)O)o2)CC1. The van der Waals surface area contributed by atoms with Crippen molar-refractivity contribution in [2.75, 3.05) is 13.1 Å². The number of likely N-dealkylation sites (tertiary alicyclic amines) is 1. The number of carbonyl (C=O) groups is 2. The van der Waals surface area contributed by atoms with Gasteiger partial charge in [0.05, 0.1) is 6.54 Å². The molecular formula is C17H26N2O4. The fourth-order valence-electron chi connectivity index (χ4n) is 2.66. The lowest BCUT2D eigenvalue weighted by Gasteiger charge is -2.31. The van der Waals surface area contributed by atoms with Crippen molar-refractivity contribution in [2.24, 2.45) is 11.8 Å². The Kier molecular flexibility index (Phi) is 5.82. The van der Waals surface area contributed by atoms with Crippen molar-refractivity contribution in [3.63, 3.8) is 0 Å². The predicted octanol–water partition coefficient (Wildman–Crippen LogP) is 2.35. The zero-order valence-electron chi connectivity index (χ0n) is 14.0. The number of carboxylic acid groups (broad SMARTS) is 1. The summed E-state index contributed by atoms with van der Waals surface area (Å²) in [7, 11) is 0. The van der Waals surface area contributed by atoms with Gasteiger partial charge in [0.1, 0.15) is 5.76 Å². The summed E-state index contributed by atoms with van der Waals surface area (Å²) >= 11 is 0. The van der Waals surface area contributed by atoms with Crippen LogP contribution in [0.3, 0.4) is 0 Å². The Morgan fingerprint density at radius 2 is 1.96 bits per heavy atom. The minimum Gasteiger partial charge on any atom is -0.475 e. The molecule has 1 aliphatic heterocycles. The number of furan rings is 1. The number of aromatic carboxylic acids is 1. The van der Waals surface area contributed by atoms with E-state index >= 15 is 0 Å². The molecule has 0 bridgehead atoms. The molecule has 0 aromatic carbocycles. The van der Waals surface area contributed by atoms with Crippen LogP contribution in [0.25, 0.3) is 0 Å². The minimum atomic E-state index is -1.05. The van der Waals surface area contributed by atoms with Crippen molar-refractivity contribution in [2.45, 2.75) is 46.2 Å². The van der Waals surface area contributed by atoms with Crippen LogP contribution in [0.15, 0.2) is 16.5 Å². The van der Waals surface area contributed by atoms with Gasteiger partial charge < -0.3 is 14.8 Å². The number of nitrogens with zero attached hydrogens (tertiary/aromatic N) is 1. The highest BCUT2D eigenvalue weighted by molar-refractivity contribution is 5.84. The lowest BCUT2D eigenvalue weighted by Crippen LogP contribution is -2.44. The van der Waals surface area contributed by atoms with Gasteiger partial charge in [-0.2, -0.15) is 0 Å². The van der Waals surface area contributed by atoms with E-state index in [0.717, 1.165) is 25.9 Å². The highest BCUT2D eigenvalue weighted by Gasteiger charge is 2.26. The molecule has 0 spiro atoms. The van der Waals surface area contributed by atoms with Crippen LogP contribution in [-0.2, 0) is 11.3 Å². The van der Waals surface area contributed by atoms with E-state index in [4.69, 9.17) is 9.52 Å². The van der Waals surface area contributed by atoms with Gasteiger partial charge >= 0.3 is 5.97 Å². The molecule has 0 saturated carbocycles. The Hall–Kier alpha value is -1.82. The largest absolute Gasteiger partial charge is 0.475 e. The van der Waals surface area contributed by atoms with Crippen LogP contribution in [0.5, 0.6) is 0 Å². The third-order valence-electron chi connectivity index (χ3n) is 4.58. The number of rotatable bonds is 6. The number of hydrogen-bond donors (Lipinski definition) is 2. The third kappa shape index (κ3) is 4.82. The number of carbonyl (C=O) groups excluding carboxylic acids is 1. The summed E-state index contributed by atoms with van der Waals surface area (Å²) in [6, 6.07) is 3.37. The van der Waals surface area contributed by atoms with Crippen LogP contribution < -0.4 is 5.32 Å². The maximum Gasteiger partial charge on any atom is 0.371 e. The van der Waals surface area contributed by atoms with Crippen molar-refractivity contribution in [3.8, 4) is 0 Å². The first kappa shape index (κ1) is 17.5. The molecule has 1 atom stereocenters. The molecule has 1 saturated heterocycles. The molecule has 128 valence electrons. The summed E-state index contributed by atoms with van der Waals surface area (Å²) in [5.41, 5.74) is 0. The fourth-order valence-corrected chi connectivity index (χ4v) is 2.66. The standard InChI is InChI=1S/C17H26N2O4/c1-11(2)12(3)18-16(20)13-6-8-19(9-7-13)10-14-4-5-15(23-14)17(21)22/h4-5,11-13H,6-10H2,1-3H3,(H,18,20)(H,21,22). The first-order chi connectivity index (χ1) is 10.9. The normalized spacial score (nSPS) is 18.1. The van der Waals surface area contributed by atoms with Crippen molar-refractivity contribution in [1.29, 1.82) is 0 Å². The molecule has 1 aromatic heterocycles.